The standard InChI is InChI=1S/C23H36F2O.C15H23Br.C9H14.C6H10BrI.7CH4/c1-17-3-7-19(8-4-17)9-10-20-11-13-21(14-12-20)23(24,25)26-22-15-5-18(2)6-16-22;1-12-2-4-13(5-3-12)6-7-14-8-10-15(16)11-9-14;1-3-9-6-4-8(2)5-7-9;7-5-1-3-6(8)4-2-5;;;;;;;/h17-22H,3-8,11-16H2,1-2H3;12-15H,2-5,8-11H2,1H3;1,8-9H,4-7H2,2H3;5-6H,1-4H2;7*1H4. The fourth-order valence-corrected chi connectivity index (χ4v) is 11.9. The third-order valence-corrected chi connectivity index (χ3v) is 18.1. The maximum absolute atomic E-state index is 14.6. The molecule has 0 amide bonds. The van der Waals surface area contributed by atoms with Gasteiger partial charge in [0.15, 0.2) is 0 Å². The lowest BCUT2D eigenvalue weighted by Crippen LogP contribution is -2.38. The van der Waals surface area contributed by atoms with Gasteiger partial charge in [0, 0.05) is 43.2 Å². The van der Waals surface area contributed by atoms with Gasteiger partial charge in [-0.25, -0.2) is 0 Å². The Bertz CT molecular complexity index is 1250. The summed E-state index contributed by atoms with van der Waals surface area (Å²) in [6.07, 6.45) is 35.0. The molecule has 7 rings (SSSR count). The van der Waals surface area contributed by atoms with E-state index in [1.807, 2.05) is 0 Å². The molecule has 1 nitrogen and oxygen atoms in total. The van der Waals surface area contributed by atoms with Crippen LogP contribution in [0, 0.1) is 95.2 Å². The van der Waals surface area contributed by atoms with Crippen molar-refractivity contribution in [1.29, 1.82) is 0 Å². The van der Waals surface area contributed by atoms with E-state index in [1.54, 1.807) is 0 Å². The summed E-state index contributed by atoms with van der Waals surface area (Å²) >= 11 is 9.86. The molecule has 0 aromatic carbocycles. The van der Waals surface area contributed by atoms with Gasteiger partial charge in [0.05, 0.1) is 12.0 Å². The molecule has 0 N–H and O–H groups in total. The molecule has 7 fully saturated rings. The van der Waals surface area contributed by atoms with Gasteiger partial charge in [-0.2, -0.15) is 8.78 Å². The molecule has 0 aliphatic heterocycles. The number of hydrogen-bond donors (Lipinski definition) is 0. The predicted octanol–water partition coefficient (Wildman–Crippen LogP) is 21.6. The second kappa shape index (κ2) is 39.8. The van der Waals surface area contributed by atoms with Gasteiger partial charge in [0.2, 0.25) is 0 Å². The zero-order chi connectivity index (χ0) is 42.6. The summed E-state index contributed by atoms with van der Waals surface area (Å²) in [6.45, 7) is 9.21. The zero-order valence-electron chi connectivity index (χ0n) is 37.8. The molecular formula is C60H111Br2F2IO. The lowest BCUT2D eigenvalue weighted by Gasteiger charge is -2.35. The van der Waals surface area contributed by atoms with Crippen molar-refractivity contribution < 1.29 is 13.5 Å². The van der Waals surface area contributed by atoms with Crippen molar-refractivity contribution in [2.75, 3.05) is 0 Å². The first-order valence-corrected chi connectivity index (χ1v) is 27.8. The van der Waals surface area contributed by atoms with Gasteiger partial charge in [-0.1, -0.05) is 158 Å². The summed E-state index contributed by atoms with van der Waals surface area (Å²) in [4.78, 5) is 1.59. The molecule has 0 atom stereocenters. The van der Waals surface area contributed by atoms with E-state index in [0.29, 0.717) is 42.4 Å². The van der Waals surface area contributed by atoms with Crippen molar-refractivity contribution in [3.8, 4) is 36.0 Å². The summed E-state index contributed by atoms with van der Waals surface area (Å²) < 4.78 is 35.4. The third-order valence-electron chi connectivity index (χ3n) is 15.0. The molecule has 6 heteroatoms. The minimum Gasteiger partial charge on any atom is -0.317 e. The van der Waals surface area contributed by atoms with Crippen LogP contribution in [0.3, 0.4) is 0 Å². The fraction of sp³-hybridized carbons (Fsp3) is 0.900. The van der Waals surface area contributed by atoms with E-state index in [2.05, 4.69) is 112 Å². The molecule has 0 unspecified atom stereocenters. The number of alkyl halides is 5. The van der Waals surface area contributed by atoms with Crippen LogP contribution in [0.5, 0.6) is 0 Å². The van der Waals surface area contributed by atoms with Gasteiger partial charge in [0.25, 0.3) is 0 Å². The van der Waals surface area contributed by atoms with Crippen molar-refractivity contribution in [2.45, 2.75) is 285 Å². The molecule has 0 radical (unpaired) electrons. The Morgan fingerprint density at radius 3 is 0.970 bits per heavy atom. The van der Waals surface area contributed by atoms with Gasteiger partial charge in [-0.05, 0) is 203 Å². The molecule has 0 saturated heterocycles. The van der Waals surface area contributed by atoms with Crippen LogP contribution in [0.1, 0.15) is 259 Å². The van der Waals surface area contributed by atoms with E-state index in [-0.39, 0.29) is 58.1 Å². The Labute approximate surface area is 445 Å². The summed E-state index contributed by atoms with van der Waals surface area (Å²) in [6, 6.07) is 0. The van der Waals surface area contributed by atoms with E-state index < -0.39 is 12.0 Å². The molecule has 7 aliphatic carbocycles. The van der Waals surface area contributed by atoms with Gasteiger partial charge in [-0.15, -0.1) is 12.3 Å². The number of halogens is 5. The third kappa shape index (κ3) is 29.5. The summed E-state index contributed by atoms with van der Waals surface area (Å²) in [7, 11) is 0. The van der Waals surface area contributed by atoms with Gasteiger partial charge in [0.1, 0.15) is 0 Å². The molecule has 0 heterocycles. The minimum absolute atomic E-state index is 0. The number of terminal acetylenes is 1. The first-order chi connectivity index (χ1) is 28.3. The monoisotopic (exact) mass is 1170 g/mol. The molecule has 66 heavy (non-hydrogen) atoms. The van der Waals surface area contributed by atoms with Crippen molar-refractivity contribution in [3.05, 3.63) is 0 Å². The molecule has 0 aromatic heterocycles. The SMILES string of the molecule is BrC1CCC(I)CC1.C.C.C.C.C.C.C.C#CC1CCC(C)CC1.CC1CCC(C#CC2CCC(Br)CC2)CC1.CC1CCC(C#CC2CCC(C(F)(F)OC3CCC(C)CC3)CC2)CC1. The first-order valence-electron chi connectivity index (χ1n) is 24.7. The van der Waals surface area contributed by atoms with Crippen LogP contribution in [0.2, 0.25) is 0 Å². The number of ether oxygens (including phenoxy) is 1. The van der Waals surface area contributed by atoms with Crippen LogP contribution in [0.4, 0.5) is 8.78 Å². The predicted molar refractivity (Wildman–Crippen MR) is 311 cm³/mol. The Hall–Kier alpha value is 0.190. The first kappa shape index (κ1) is 72.7. The van der Waals surface area contributed by atoms with E-state index in [0.717, 1.165) is 75.8 Å². The average Bonchev–Trinajstić information content (AvgIpc) is 3.24. The van der Waals surface area contributed by atoms with Gasteiger partial charge >= 0.3 is 6.11 Å². The summed E-state index contributed by atoms with van der Waals surface area (Å²) in [5, 5.41) is 0. The Kier molecular flexibility index (Phi) is 43.8. The summed E-state index contributed by atoms with van der Waals surface area (Å²) in [5.41, 5.74) is 0. The molecule has 0 bridgehead atoms. The van der Waals surface area contributed by atoms with Crippen LogP contribution in [0.25, 0.3) is 0 Å². The summed E-state index contributed by atoms with van der Waals surface area (Å²) in [5.74, 6) is 22.5. The highest BCUT2D eigenvalue weighted by molar-refractivity contribution is 14.1. The highest BCUT2D eigenvalue weighted by Crippen LogP contribution is 2.42. The minimum atomic E-state index is -2.96. The van der Waals surface area contributed by atoms with Crippen molar-refractivity contribution in [1.82, 2.24) is 0 Å². The van der Waals surface area contributed by atoms with Crippen LogP contribution in [0.15, 0.2) is 0 Å². The second-order valence-corrected chi connectivity index (χ2v) is 24.9. The Balaban J connectivity index is -0.000000414. The smallest absolute Gasteiger partial charge is 0.317 e. The van der Waals surface area contributed by atoms with Crippen molar-refractivity contribution in [3.63, 3.8) is 0 Å². The zero-order valence-corrected chi connectivity index (χ0v) is 43.1. The van der Waals surface area contributed by atoms with Crippen LogP contribution >= 0.6 is 54.5 Å². The maximum Gasteiger partial charge on any atom is 0.358 e. The highest BCUT2D eigenvalue weighted by atomic mass is 127. The van der Waals surface area contributed by atoms with Gasteiger partial charge < -0.3 is 4.74 Å². The fourth-order valence-electron chi connectivity index (χ4n) is 10.2. The highest BCUT2D eigenvalue weighted by Gasteiger charge is 2.44. The second-order valence-electron chi connectivity index (χ2n) is 20.5. The topological polar surface area (TPSA) is 9.23 Å². The molecule has 0 aromatic rings. The molecule has 7 saturated carbocycles. The molecule has 392 valence electrons. The molecule has 7 aliphatic rings. The van der Waals surface area contributed by atoms with Crippen molar-refractivity contribution in [2.24, 2.45) is 59.2 Å². The Morgan fingerprint density at radius 2 is 0.667 bits per heavy atom. The largest absolute Gasteiger partial charge is 0.358 e. The van der Waals surface area contributed by atoms with Crippen molar-refractivity contribution >= 4 is 54.5 Å². The van der Waals surface area contributed by atoms with Crippen LogP contribution in [-0.2, 0) is 4.74 Å². The van der Waals surface area contributed by atoms with Crippen LogP contribution < -0.4 is 0 Å². The normalized spacial score (nSPS) is 34.7. The average molecular weight is 1170 g/mol. The molecular weight excluding hydrogens is 1060 g/mol. The lowest BCUT2D eigenvalue weighted by molar-refractivity contribution is -0.301. The van der Waals surface area contributed by atoms with E-state index in [1.165, 1.54) is 128 Å². The number of rotatable bonds is 3. The molecule has 0 spiro atoms. The Morgan fingerprint density at radius 1 is 0.409 bits per heavy atom. The van der Waals surface area contributed by atoms with E-state index in [9.17, 15) is 8.78 Å². The van der Waals surface area contributed by atoms with Gasteiger partial charge in [-0.3, -0.25) is 0 Å². The van der Waals surface area contributed by atoms with Crippen LogP contribution in [-0.4, -0.2) is 25.8 Å². The quantitative estimate of drug-likeness (QED) is 0.155. The lowest BCUT2D eigenvalue weighted by atomic mass is 9.80. The van der Waals surface area contributed by atoms with E-state index in [4.69, 9.17) is 11.2 Å². The van der Waals surface area contributed by atoms with E-state index >= 15 is 0 Å². The maximum atomic E-state index is 14.6. The number of hydrogen-bond acceptors (Lipinski definition) is 1.